The van der Waals surface area contributed by atoms with Crippen molar-refractivity contribution >= 4 is 36.1 Å². The predicted octanol–water partition coefficient (Wildman–Crippen LogP) is 0.209. The van der Waals surface area contributed by atoms with Gasteiger partial charge in [-0.3, -0.25) is 4.79 Å². The minimum absolute atomic E-state index is 0. The van der Waals surface area contributed by atoms with Gasteiger partial charge in [-0.15, -0.1) is 12.4 Å². The largest absolute Gasteiger partial charge is 0.355 e. The fourth-order valence-electron chi connectivity index (χ4n) is 2.57. The molecule has 2 saturated heterocycles. The van der Waals surface area contributed by atoms with Gasteiger partial charge in [-0.2, -0.15) is 11.8 Å². The summed E-state index contributed by atoms with van der Waals surface area (Å²) in [6, 6.07) is 0.514. The van der Waals surface area contributed by atoms with E-state index in [0.717, 1.165) is 25.0 Å². The molecule has 8 heteroatoms. The lowest BCUT2D eigenvalue weighted by atomic mass is 10.0. The summed E-state index contributed by atoms with van der Waals surface area (Å²) in [7, 11) is 0. The smallest absolute Gasteiger partial charge is 0.315 e. The van der Waals surface area contributed by atoms with Crippen LogP contribution in [-0.2, 0) is 4.79 Å². The van der Waals surface area contributed by atoms with E-state index in [2.05, 4.69) is 16.0 Å². The Morgan fingerprint density at radius 1 is 1.40 bits per heavy atom. The summed E-state index contributed by atoms with van der Waals surface area (Å²) in [6.07, 6.45) is 3.53. The monoisotopic (exact) mass is 322 g/mol. The van der Waals surface area contributed by atoms with E-state index in [0.29, 0.717) is 24.8 Å². The Labute approximate surface area is 129 Å². The van der Waals surface area contributed by atoms with Crippen molar-refractivity contribution in [2.45, 2.75) is 43.0 Å². The van der Waals surface area contributed by atoms with E-state index in [1.807, 2.05) is 11.8 Å². The average molecular weight is 323 g/mol. The molecule has 2 aliphatic rings. The van der Waals surface area contributed by atoms with Gasteiger partial charge in [0, 0.05) is 30.5 Å². The molecule has 5 N–H and O–H groups in total. The number of nitrogens with one attached hydrogen (secondary N) is 3. The number of fused-ring (bicyclic) bond motifs is 1. The summed E-state index contributed by atoms with van der Waals surface area (Å²) >= 11 is 1.91. The number of rotatable bonds is 7. The lowest BCUT2D eigenvalue weighted by Gasteiger charge is -2.16. The highest BCUT2D eigenvalue weighted by Gasteiger charge is 2.42. The Kier molecular flexibility index (Phi) is 7.47. The molecule has 2 aliphatic heterocycles. The maximum absolute atomic E-state index is 11.4. The van der Waals surface area contributed by atoms with Crippen LogP contribution in [0.5, 0.6) is 0 Å². The summed E-state index contributed by atoms with van der Waals surface area (Å²) in [6.45, 7) is 1.04. The van der Waals surface area contributed by atoms with Crippen LogP contribution < -0.4 is 21.7 Å². The average Bonchev–Trinajstić information content (AvgIpc) is 2.92. The van der Waals surface area contributed by atoms with E-state index in [-0.39, 0.29) is 36.4 Å². The van der Waals surface area contributed by atoms with E-state index in [9.17, 15) is 9.59 Å². The number of hydrogen-bond acceptors (Lipinski definition) is 4. The summed E-state index contributed by atoms with van der Waals surface area (Å²) < 4.78 is 0. The molecule has 20 heavy (non-hydrogen) atoms. The van der Waals surface area contributed by atoms with Crippen LogP contribution in [0.25, 0.3) is 0 Å². The van der Waals surface area contributed by atoms with Crippen molar-refractivity contribution in [1.82, 2.24) is 16.0 Å². The first kappa shape index (κ1) is 17.4. The van der Waals surface area contributed by atoms with Crippen molar-refractivity contribution in [2.75, 3.05) is 18.8 Å². The fraction of sp³-hybridized carbons (Fsp3) is 0.833. The third-order valence-electron chi connectivity index (χ3n) is 3.55. The third-order valence-corrected chi connectivity index (χ3v) is 5.06. The molecule has 2 fully saturated rings. The molecular weight excluding hydrogens is 300 g/mol. The number of carbonyl (C=O) groups is 2. The zero-order valence-corrected chi connectivity index (χ0v) is 13.0. The lowest BCUT2D eigenvalue weighted by molar-refractivity contribution is -0.121. The van der Waals surface area contributed by atoms with Gasteiger partial charge >= 0.3 is 6.03 Å². The second-order valence-corrected chi connectivity index (χ2v) is 6.28. The van der Waals surface area contributed by atoms with Gasteiger partial charge in [-0.1, -0.05) is 6.42 Å². The topological polar surface area (TPSA) is 96.2 Å². The molecule has 3 atom stereocenters. The minimum atomic E-state index is -0.0403. The van der Waals surface area contributed by atoms with Crippen molar-refractivity contribution in [3.8, 4) is 0 Å². The molecule has 2 heterocycles. The van der Waals surface area contributed by atoms with Crippen LogP contribution >= 0.6 is 24.2 Å². The van der Waals surface area contributed by atoms with E-state index >= 15 is 0 Å². The number of urea groups is 1. The van der Waals surface area contributed by atoms with Crippen molar-refractivity contribution in [3.05, 3.63) is 0 Å². The van der Waals surface area contributed by atoms with Crippen LogP contribution in [0.15, 0.2) is 0 Å². The van der Waals surface area contributed by atoms with Gasteiger partial charge < -0.3 is 21.7 Å². The van der Waals surface area contributed by atoms with Gasteiger partial charge in [-0.05, 0) is 12.8 Å². The molecule has 0 aliphatic carbocycles. The highest BCUT2D eigenvalue weighted by atomic mass is 35.5. The van der Waals surface area contributed by atoms with E-state index in [4.69, 9.17) is 5.73 Å². The van der Waals surface area contributed by atoms with Gasteiger partial charge in [0.2, 0.25) is 5.91 Å². The summed E-state index contributed by atoms with van der Waals surface area (Å²) in [5.41, 5.74) is 5.32. The van der Waals surface area contributed by atoms with Crippen molar-refractivity contribution in [3.63, 3.8) is 0 Å². The molecule has 3 amide bonds. The second kappa shape index (κ2) is 8.59. The minimum Gasteiger partial charge on any atom is -0.355 e. The van der Waals surface area contributed by atoms with Crippen LogP contribution in [0.3, 0.4) is 0 Å². The Hall–Kier alpha value is -0.660. The standard InChI is InChI=1S/C12H22N4O2S.ClH/c13-5-6-14-10(17)4-2-1-3-9-11-8(7-19-9)15-12(18)16-11;/h8-9,11H,1-7,13H2,(H,14,17)(H2,15,16,18);1H/t8-,9+,11-;/m0./s1. The molecule has 116 valence electrons. The second-order valence-electron chi connectivity index (χ2n) is 5.01. The highest BCUT2D eigenvalue weighted by molar-refractivity contribution is 8.00. The quantitative estimate of drug-likeness (QED) is 0.398. The van der Waals surface area contributed by atoms with Crippen LogP contribution in [0, 0.1) is 0 Å². The van der Waals surface area contributed by atoms with Gasteiger partial charge in [0.15, 0.2) is 0 Å². The SMILES string of the molecule is Cl.NCCNC(=O)CCCC[C@H]1SC[C@@H]2NC(=O)N[C@@H]21. The highest BCUT2D eigenvalue weighted by Crippen LogP contribution is 2.33. The number of halogens is 1. The van der Waals surface area contributed by atoms with Crippen LogP contribution in [0.1, 0.15) is 25.7 Å². The molecular formula is C12H23ClN4O2S. The zero-order chi connectivity index (χ0) is 13.7. The number of carbonyl (C=O) groups excluding carboxylic acids is 2. The first-order valence-electron chi connectivity index (χ1n) is 6.86. The molecule has 0 aromatic rings. The molecule has 6 nitrogen and oxygen atoms in total. The van der Waals surface area contributed by atoms with Gasteiger partial charge in [-0.25, -0.2) is 4.79 Å². The molecule has 2 rings (SSSR count). The van der Waals surface area contributed by atoms with Crippen LogP contribution in [0.4, 0.5) is 4.79 Å². The zero-order valence-electron chi connectivity index (χ0n) is 11.4. The summed E-state index contributed by atoms with van der Waals surface area (Å²) in [5.74, 6) is 1.07. The molecule has 0 unspecified atom stereocenters. The fourth-order valence-corrected chi connectivity index (χ4v) is 4.12. The number of hydrogen-bond donors (Lipinski definition) is 4. The van der Waals surface area contributed by atoms with Crippen molar-refractivity contribution in [1.29, 1.82) is 0 Å². The third kappa shape index (κ3) is 4.71. The molecule has 0 bridgehead atoms. The van der Waals surface area contributed by atoms with E-state index < -0.39 is 0 Å². The first-order chi connectivity index (χ1) is 9.20. The molecule has 0 saturated carbocycles. The molecule has 0 radical (unpaired) electrons. The van der Waals surface area contributed by atoms with Crippen LogP contribution in [-0.4, -0.2) is 48.1 Å². The molecule has 0 aromatic heterocycles. The normalized spacial score (nSPS) is 27.2. The summed E-state index contributed by atoms with van der Waals surface area (Å²) in [5, 5.41) is 9.16. The Bertz CT molecular complexity index is 345. The first-order valence-corrected chi connectivity index (χ1v) is 7.91. The Morgan fingerprint density at radius 3 is 2.95 bits per heavy atom. The van der Waals surface area contributed by atoms with Gasteiger partial charge in [0.05, 0.1) is 12.1 Å². The van der Waals surface area contributed by atoms with E-state index in [1.165, 1.54) is 0 Å². The predicted molar refractivity (Wildman–Crippen MR) is 83.3 cm³/mol. The molecule has 0 spiro atoms. The number of amides is 3. The number of thioether (sulfide) groups is 1. The van der Waals surface area contributed by atoms with Crippen LogP contribution in [0.2, 0.25) is 0 Å². The maximum Gasteiger partial charge on any atom is 0.315 e. The van der Waals surface area contributed by atoms with Gasteiger partial charge in [0.25, 0.3) is 0 Å². The van der Waals surface area contributed by atoms with Gasteiger partial charge in [0.1, 0.15) is 0 Å². The Balaban J connectivity index is 0.00000200. The van der Waals surface area contributed by atoms with Crippen molar-refractivity contribution in [2.24, 2.45) is 5.73 Å². The number of unbranched alkanes of at least 4 members (excludes halogenated alkanes) is 1. The number of nitrogens with two attached hydrogens (primary N) is 1. The Morgan fingerprint density at radius 2 is 2.20 bits per heavy atom. The maximum atomic E-state index is 11.4. The lowest BCUT2D eigenvalue weighted by Crippen LogP contribution is -2.36. The van der Waals surface area contributed by atoms with Crippen molar-refractivity contribution < 1.29 is 9.59 Å². The summed E-state index contributed by atoms with van der Waals surface area (Å²) in [4.78, 5) is 22.6. The molecule has 0 aromatic carbocycles. The van der Waals surface area contributed by atoms with E-state index in [1.54, 1.807) is 0 Å².